The van der Waals surface area contributed by atoms with Crippen LogP contribution in [0.1, 0.15) is 5.82 Å². The minimum Gasteiger partial charge on any atom is -0.334 e. The van der Waals surface area contributed by atoms with Crippen molar-refractivity contribution in [3.8, 4) is 11.5 Å². The molecule has 0 saturated heterocycles. The summed E-state index contributed by atoms with van der Waals surface area (Å²) >= 11 is 8.12. The predicted octanol–water partition coefficient (Wildman–Crippen LogP) is 2.50. The highest BCUT2D eigenvalue weighted by Gasteiger charge is 2.11. The second-order valence-corrected chi connectivity index (χ2v) is 4.78. The first kappa shape index (κ1) is 11.8. The van der Waals surface area contributed by atoms with E-state index >= 15 is 0 Å². The van der Waals surface area contributed by atoms with Gasteiger partial charge < -0.3 is 10.3 Å². The molecule has 1 aromatic carbocycles. The molecule has 0 fully saturated rings. The van der Waals surface area contributed by atoms with Crippen LogP contribution in [-0.4, -0.2) is 16.7 Å². The van der Waals surface area contributed by atoms with Crippen molar-refractivity contribution in [3.63, 3.8) is 0 Å². The summed E-state index contributed by atoms with van der Waals surface area (Å²) in [5, 5.41) is 4.49. The van der Waals surface area contributed by atoms with Crippen LogP contribution in [0, 0.1) is 3.57 Å². The van der Waals surface area contributed by atoms with Crippen molar-refractivity contribution in [1.82, 2.24) is 10.1 Å². The maximum Gasteiger partial charge on any atom is 0.259 e. The molecule has 16 heavy (non-hydrogen) atoms. The average molecular weight is 350 g/mol. The zero-order valence-corrected chi connectivity index (χ0v) is 11.2. The Balaban J connectivity index is 2.38. The van der Waals surface area contributed by atoms with E-state index in [0.717, 1.165) is 9.13 Å². The third-order valence-electron chi connectivity index (χ3n) is 1.99. The number of benzene rings is 1. The van der Waals surface area contributed by atoms with Crippen LogP contribution in [0.5, 0.6) is 0 Å². The fourth-order valence-corrected chi connectivity index (χ4v) is 1.99. The van der Waals surface area contributed by atoms with Crippen molar-refractivity contribution >= 4 is 34.2 Å². The van der Waals surface area contributed by atoms with E-state index in [1.807, 2.05) is 18.2 Å². The molecule has 0 atom stereocenters. The van der Waals surface area contributed by atoms with Crippen molar-refractivity contribution in [2.45, 2.75) is 6.42 Å². The number of halogens is 2. The molecule has 6 heteroatoms. The molecular weight excluding hydrogens is 340 g/mol. The lowest BCUT2D eigenvalue weighted by molar-refractivity contribution is 0.422. The number of hydrogen-bond acceptors (Lipinski definition) is 4. The maximum atomic E-state index is 5.92. The largest absolute Gasteiger partial charge is 0.334 e. The van der Waals surface area contributed by atoms with Crippen LogP contribution in [0.2, 0.25) is 5.02 Å². The van der Waals surface area contributed by atoms with Gasteiger partial charge >= 0.3 is 0 Å². The normalized spacial score (nSPS) is 10.7. The Hall–Kier alpha value is -0.660. The van der Waals surface area contributed by atoms with Gasteiger partial charge in [0.05, 0.1) is 5.56 Å². The van der Waals surface area contributed by atoms with Gasteiger partial charge in [0.1, 0.15) is 0 Å². The summed E-state index contributed by atoms with van der Waals surface area (Å²) in [6.45, 7) is 0.506. The molecule has 2 N–H and O–H groups in total. The zero-order valence-electron chi connectivity index (χ0n) is 8.28. The summed E-state index contributed by atoms with van der Waals surface area (Å²) in [6.07, 6.45) is 0.612. The Morgan fingerprint density at radius 3 is 3.00 bits per heavy atom. The first-order valence-corrected chi connectivity index (χ1v) is 6.14. The summed E-state index contributed by atoms with van der Waals surface area (Å²) in [5.41, 5.74) is 6.27. The molecule has 0 aliphatic carbocycles. The van der Waals surface area contributed by atoms with Gasteiger partial charge in [0.2, 0.25) is 0 Å². The predicted molar refractivity (Wildman–Crippen MR) is 70.2 cm³/mol. The van der Waals surface area contributed by atoms with Gasteiger partial charge in [0.15, 0.2) is 5.82 Å². The second kappa shape index (κ2) is 5.11. The number of aromatic nitrogens is 2. The number of rotatable bonds is 3. The zero-order chi connectivity index (χ0) is 11.5. The van der Waals surface area contributed by atoms with E-state index in [1.165, 1.54) is 0 Å². The van der Waals surface area contributed by atoms with E-state index in [0.29, 0.717) is 29.7 Å². The molecule has 0 aliphatic heterocycles. The van der Waals surface area contributed by atoms with Gasteiger partial charge in [-0.25, -0.2) is 0 Å². The fourth-order valence-electron chi connectivity index (χ4n) is 1.26. The Kier molecular flexibility index (Phi) is 3.78. The van der Waals surface area contributed by atoms with E-state index < -0.39 is 0 Å². The van der Waals surface area contributed by atoms with Crippen molar-refractivity contribution in [1.29, 1.82) is 0 Å². The van der Waals surface area contributed by atoms with Crippen LogP contribution in [0.4, 0.5) is 0 Å². The van der Waals surface area contributed by atoms with E-state index in [4.69, 9.17) is 21.9 Å². The summed E-state index contributed by atoms with van der Waals surface area (Å²) < 4.78 is 6.18. The van der Waals surface area contributed by atoms with Crippen LogP contribution in [0.15, 0.2) is 22.7 Å². The molecule has 1 heterocycles. The Morgan fingerprint density at radius 2 is 2.25 bits per heavy atom. The molecule has 1 aromatic heterocycles. The Bertz CT molecular complexity index is 501. The molecule has 0 aliphatic rings. The van der Waals surface area contributed by atoms with Gasteiger partial charge in [-0.2, -0.15) is 4.98 Å². The molecule has 2 aromatic rings. The average Bonchev–Trinajstić information content (AvgIpc) is 2.71. The lowest BCUT2D eigenvalue weighted by atomic mass is 10.2. The van der Waals surface area contributed by atoms with Crippen LogP contribution in [-0.2, 0) is 6.42 Å². The molecule has 2 rings (SSSR count). The van der Waals surface area contributed by atoms with Gasteiger partial charge in [-0.1, -0.05) is 16.8 Å². The molecule has 0 saturated carbocycles. The van der Waals surface area contributed by atoms with E-state index in [9.17, 15) is 0 Å². The van der Waals surface area contributed by atoms with Crippen molar-refractivity contribution in [2.75, 3.05) is 6.54 Å². The fraction of sp³-hybridized carbons (Fsp3) is 0.200. The number of nitrogens with two attached hydrogens (primary N) is 1. The van der Waals surface area contributed by atoms with Gasteiger partial charge in [-0.3, -0.25) is 0 Å². The standard InChI is InChI=1S/C10H9ClIN3O/c11-6-1-2-8(12)7(5-6)10-14-9(3-4-13)15-16-10/h1-2,5H,3-4,13H2. The van der Waals surface area contributed by atoms with Gasteiger partial charge in [-0.15, -0.1) is 0 Å². The topological polar surface area (TPSA) is 64.9 Å². The quantitative estimate of drug-likeness (QED) is 0.865. The minimum atomic E-state index is 0.482. The highest BCUT2D eigenvalue weighted by atomic mass is 127. The van der Waals surface area contributed by atoms with E-state index in [1.54, 1.807) is 0 Å². The van der Waals surface area contributed by atoms with E-state index in [2.05, 4.69) is 32.7 Å². The molecular formula is C10H9ClIN3O. The minimum absolute atomic E-state index is 0.482. The highest BCUT2D eigenvalue weighted by molar-refractivity contribution is 14.1. The first-order chi connectivity index (χ1) is 7.70. The molecule has 0 spiro atoms. The van der Waals surface area contributed by atoms with Crippen LogP contribution < -0.4 is 5.73 Å². The Morgan fingerprint density at radius 1 is 1.44 bits per heavy atom. The highest BCUT2D eigenvalue weighted by Crippen LogP contribution is 2.26. The first-order valence-electron chi connectivity index (χ1n) is 4.69. The summed E-state index contributed by atoms with van der Waals surface area (Å²) in [4.78, 5) is 4.25. The molecule has 0 amide bonds. The third kappa shape index (κ3) is 2.53. The van der Waals surface area contributed by atoms with Gasteiger partial charge in [-0.05, 0) is 47.3 Å². The number of hydrogen-bond donors (Lipinski definition) is 1. The third-order valence-corrected chi connectivity index (χ3v) is 3.17. The smallest absolute Gasteiger partial charge is 0.259 e. The molecule has 84 valence electrons. The molecule has 0 bridgehead atoms. The van der Waals surface area contributed by atoms with Crippen LogP contribution >= 0.6 is 34.2 Å². The van der Waals surface area contributed by atoms with Crippen molar-refractivity contribution < 1.29 is 4.52 Å². The summed E-state index contributed by atoms with van der Waals surface area (Å²) in [5.74, 6) is 1.10. The Labute approximate surface area is 111 Å². The maximum absolute atomic E-state index is 5.92. The van der Waals surface area contributed by atoms with Crippen LogP contribution in [0.25, 0.3) is 11.5 Å². The lowest BCUT2D eigenvalue weighted by Gasteiger charge is -1.98. The number of nitrogens with zero attached hydrogens (tertiary/aromatic N) is 2. The molecule has 0 radical (unpaired) electrons. The summed E-state index contributed by atoms with van der Waals surface area (Å²) in [6, 6.07) is 5.54. The SMILES string of the molecule is NCCc1noc(-c2cc(Cl)ccc2I)n1. The van der Waals surface area contributed by atoms with E-state index in [-0.39, 0.29) is 0 Å². The second-order valence-electron chi connectivity index (χ2n) is 3.18. The van der Waals surface area contributed by atoms with Gasteiger partial charge in [0, 0.05) is 15.0 Å². The summed E-state index contributed by atoms with van der Waals surface area (Å²) in [7, 11) is 0. The molecule has 4 nitrogen and oxygen atoms in total. The lowest BCUT2D eigenvalue weighted by Crippen LogP contribution is -2.03. The molecule has 0 unspecified atom stereocenters. The van der Waals surface area contributed by atoms with Crippen molar-refractivity contribution in [2.24, 2.45) is 5.73 Å². The van der Waals surface area contributed by atoms with Crippen molar-refractivity contribution in [3.05, 3.63) is 32.6 Å². The van der Waals surface area contributed by atoms with Gasteiger partial charge in [0.25, 0.3) is 5.89 Å². The van der Waals surface area contributed by atoms with Crippen LogP contribution in [0.3, 0.4) is 0 Å². The monoisotopic (exact) mass is 349 g/mol.